The Morgan fingerprint density at radius 2 is 0.894 bits per heavy atom. The van der Waals surface area contributed by atoms with Crippen molar-refractivity contribution in [2.45, 2.75) is 12.3 Å². The monoisotopic (exact) mass is 663 g/mol. The van der Waals surface area contributed by atoms with Crippen molar-refractivity contribution in [3.05, 3.63) is 59.7 Å². The summed E-state index contributed by atoms with van der Waals surface area (Å²) >= 11 is 0. The second kappa shape index (κ2) is 25.0. The lowest BCUT2D eigenvalue weighted by molar-refractivity contribution is -0.138. The minimum Gasteiger partial charge on any atom is -0.481 e. The number of aliphatic carboxylic acids is 1. The second-order valence-electron chi connectivity index (χ2n) is 10.3. The van der Waals surface area contributed by atoms with Crippen LogP contribution < -0.4 is 5.32 Å². The van der Waals surface area contributed by atoms with Crippen molar-refractivity contribution in [2.75, 3.05) is 119 Å². The van der Waals surface area contributed by atoms with Crippen LogP contribution in [-0.2, 0) is 47.4 Å². The number of alkyl carbamates (subject to hydrolysis) is 1. The molecular formula is C34H49NO12. The number of nitrogens with one attached hydrogen (secondary N) is 1. The van der Waals surface area contributed by atoms with Crippen LogP contribution in [0.25, 0.3) is 11.1 Å². The minimum absolute atomic E-state index is 0.00663. The summed E-state index contributed by atoms with van der Waals surface area (Å²) in [5.41, 5.74) is 4.76. The van der Waals surface area contributed by atoms with E-state index in [4.69, 9.17) is 47.7 Å². The number of hydrogen-bond donors (Lipinski definition) is 2. The van der Waals surface area contributed by atoms with Gasteiger partial charge in [-0.25, -0.2) is 4.79 Å². The summed E-state index contributed by atoms with van der Waals surface area (Å²) in [5, 5.41) is 11.2. The molecule has 0 fully saturated rings. The molecule has 0 saturated heterocycles. The maximum atomic E-state index is 12.2. The zero-order valence-corrected chi connectivity index (χ0v) is 27.1. The first-order valence-corrected chi connectivity index (χ1v) is 16.1. The van der Waals surface area contributed by atoms with Crippen molar-refractivity contribution in [1.82, 2.24) is 5.32 Å². The largest absolute Gasteiger partial charge is 0.481 e. The van der Waals surface area contributed by atoms with Crippen LogP contribution in [0.15, 0.2) is 48.5 Å². The number of carboxylic acids is 1. The third-order valence-electron chi connectivity index (χ3n) is 6.92. The molecule has 0 saturated carbocycles. The Balaban J connectivity index is 0.998. The molecule has 0 spiro atoms. The van der Waals surface area contributed by atoms with Crippen LogP contribution in [0, 0.1) is 0 Å². The van der Waals surface area contributed by atoms with Crippen LogP contribution in [-0.4, -0.2) is 136 Å². The summed E-state index contributed by atoms with van der Waals surface area (Å²) < 4.78 is 48.7. The van der Waals surface area contributed by atoms with Gasteiger partial charge in [-0.1, -0.05) is 48.5 Å². The molecule has 0 unspecified atom stereocenters. The van der Waals surface area contributed by atoms with Gasteiger partial charge >= 0.3 is 12.1 Å². The molecule has 2 aromatic rings. The summed E-state index contributed by atoms with van der Waals surface area (Å²) in [6, 6.07) is 16.5. The number of hydrogen-bond acceptors (Lipinski definition) is 11. The Bertz CT molecular complexity index is 1090. The first kappa shape index (κ1) is 38.3. The number of rotatable bonds is 29. The van der Waals surface area contributed by atoms with Crippen LogP contribution in [0.5, 0.6) is 0 Å². The predicted molar refractivity (Wildman–Crippen MR) is 172 cm³/mol. The van der Waals surface area contributed by atoms with Gasteiger partial charge in [0.2, 0.25) is 0 Å². The van der Waals surface area contributed by atoms with Crippen LogP contribution in [0.2, 0.25) is 0 Å². The van der Waals surface area contributed by atoms with Crippen molar-refractivity contribution in [1.29, 1.82) is 0 Å². The Morgan fingerprint density at radius 1 is 0.532 bits per heavy atom. The highest BCUT2D eigenvalue weighted by atomic mass is 16.6. The van der Waals surface area contributed by atoms with E-state index in [1.165, 1.54) is 22.3 Å². The SMILES string of the molecule is O=C(O)CCOCCOCCOCCOCCOCCOCCOCCOCCNC(=O)OCC1c2ccccc2-c2ccccc21. The van der Waals surface area contributed by atoms with Gasteiger partial charge in [0.25, 0.3) is 0 Å². The summed E-state index contributed by atoms with van der Waals surface area (Å²) in [4.78, 5) is 22.5. The number of ether oxygens (including phenoxy) is 9. The zero-order valence-electron chi connectivity index (χ0n) is 27.1. The standard InChI is InChI=1S/C34H49NO12/c36-33(37)9-11-39-13-15-41-17-19-43-21-23-45-25-26-46-24-22-44-20-18-42-16-14-40-12-10-35-34(38)47-27-32-30-7-3-1-5-28(30)29-6-2-4-8-31(29)32/h1-8,32H,9-27H2,(H,35,38)(H,36,37). The van der Waals surface area contributed by atoms with Crippen molar-refractivity contribution in [3.63, 3.8) is 0 Å². The van der Waals surface area contributed by atoms with E-state index < -0.39 is 12.1 Å². The number of carbonyl (C=O) groups is 2. The molecule has 1 aliphatic rings. The molecule has 2 N–H and O–H groups in total. The van der Waals surface area contributed by atoms with Gasteiger partial charge in [0, 0.05) is 12.5 Å². The zero-order chi connectivity index (χ0) is 33.2. The average molecular weight is 664 g/mol. The minimum atomic E-state index is -0.878. The molecule has 0 atom stereocenters. The molecule has 47 heavy (non-hydrogen) atoms. The molecule has 0 bridgehead atoms. The summed E-state index contributed by atoms with van der Waals surface area (Å²) in [6.45, 7) is 7.41. The van der Waals surface area contributed by atoms with Crippen LogP contribution in [0.1, 0.15) is 23.5 Å². The Labute approximate surface area is 276 Å². The topological polar surface area (TPSA) is 149 Å². The van der Waals surface area contributed by atoms with Crippen molar-refractivity contribution in [3.8, 4) is 11.1 Å². The van der Waals surface area contributed by atoms with Gasteiger partial charge in [-0.2, -0.15) is 0 Å². The van der Waals surface area contributed by atoms with Gasteiger partial charge in [0.15, 0.2) is 0 Å². The first-order valence-electron chi connectivity index (χ1n) is 16.1. The van der Waals surface area contributed by atoms with Gasteiger partial charge < -0.3 is 53.1 Å². The van der Waals surface area contributed by atoms with Gasteiger partial charge in [-0.05, 0) is 22.3 Å². The Hall–Kier alpha value is -3.14. The van der Waals surface area contributed by atoms with Crippen molar-refractivity contribution >= 4 is 12.1 Å². The summed E-state index contributed by atoms with van der Waals surface area (Å²) in [5.74, 6) is -0.844. The molecule has 0 heterocycles. The van der Waals surface area contributed by atoms with E-state index in [0.717, 1.165) is 0 Å². The van der Waals surface area contributed by atoms with Crippen molar-refractivity contribution < 1.29 is 57.3 Å². The highest BCUT2D eigenvalue weighted by Crippen LogP contribution is 2.44. The average Bonchev–Trinajstić information content (AvgIpc) is 3.40. The fourth-order valence-corrected chi connectivity index (χ4v) is 4.68. The molecule has 262 valence electrons. The van der Waals surface area contributed by atoms with E-state index in [-0.39, 0.29) is 25.6 Å². The molecule has 0 aromatic heterocycles. The summed E-state index contributed by atoms with van der Waals surface area (Å²) in [6.07, 6.45) is -0.464. The van der Waals surface area contributed by atoms with Crippen molar-refractivity contribution in [2.24, 2.45) is 0 Å². The smallest absolute Gasteiger partial charge is 0.407 e. The molecule has 13 heteroatoms. The second-order valence-corrected chi connectivity index (χ2v) is 10.3. The molecule has 1 aliphatic carbocycles. The van der Waals surface area contributed by atoms with E-state index in [1.54, 1.807) is 0 Å². The molecule has 13 nitrogen and oxygen atoms in total. The van der Waals surface area contributed by atoms with Crippen LogP contribution in [0.4, 0.5) is 4.79 Å². The third-order valence-corrected chi connectivity index (χ3v) is 6.92. The van der Waals surface area contributed by atoms with Gasteiger partial charge in [0.05, 0.1) is 112 Å². The lowest BCUT2D eigenvalue weighted by Crippen LogP contribution is -2.29. The predicted octanol–water partition coefficient (Wildman–Crippen LogP) is 3.13. The lowest BCUT2D eigenvalue weighted by Gasteiger charge is -2.14. The van der Waals surface area contributed by atoms with E-state index in [0.29, 0.717) is 106 Å². The molecule has 1 amide bonds. The number of fused-ring (bicyclic) bond motifs is 3. The fraction of sp³-hybridized carbons (Fsp3) is 0.588. The van der Waals surface area contributed by atoms with E-state index in [2.05, 4.69) is 29.6 Å². The normalized spacial score (nSPS) is 12.2. The Kier molecular flexibility index (Phi) is 20.3. The van der Waals surface area contributed by atoms with E-state index >= 15 is 0 Å². The quantitative estimate of drug-likeness (QED) is 0.123. The fourth-order valence-electron chi connectivity index (χ4n) is 4.68. The number of amides is 1. The number of benzene rings is 2. The van der Waals surface area contributed by atoms with Gasteiger partial charge in [0.1, 0.15) is 6.61 Å². The lowest BCUT2D eigenvalue weighted by atomic mass is 9.98. The van der Waals surface area contributed by atoms with Gasteiger partial charge in [-0.3, -0.25) is 4.79 Å². The molecular weight excluding hydrogens is 614 g/mol. The van der Waals surface area contributed by atoms with Crippen LogP contribution in [0.3, 0.4) is 0 Å². The third kappa shape index (κ3) is 16.5. The molecule has 2 aromatic carbocycles. The number of carbonyl (C=O) groups excluding carboxylic acids is 1. The first-order chi connectivity index (χ1) is 23.2. The summed E-state index contributed by atoms with van der Waals surface area (Å²) in [7, 11) is 0. The maximum Gasteiger partial charge on any atom is 0.407 e. The maximum absolute atomic E-state index is 12.2. The molecule has 0 aliphatic heterocycles. The highest BCUT2D eigenvalue weighted by Gasteiger charge is 2.28. The molecule has 0 radical (unpaired) electrons. The Morgan fingerprint density at radius 3 is 1.30 bits per heavy atom. The van der Waals surface area contributed by atoms with Gasteiger partial charge in [-0.15, -0.1) is 0 Å². The van der Waals surface area contributed by atoms with E-state index in [9.17, 15) is 9.59 Å². The van der Waals surface area contributed by atoms with E-state index in [1.807, 2.05) is 24.3 Å². The highest BCUT2D eigenvalue weighted by molar-refractivity contribution is 5.79. The number of carboxylic acid groups (broad SMARTS) is 1. The van der Waals surface area contributed by atoms with Crippen LogP contribution >= 0.6 is 0 Å². The molecule has 3 rings (SSSR count).